The fourth-order valence-electron chi connectivity index (χ4n) is 2.50. The van der Waals surface area contributed by atoms with Gasteiger partial charge in [0, 0.05) is 17.9 Å². The van der Waals surface area contributed by atoms with E-state index in [4.69, 9.17) is 5.73 Å². The minimum Gasteiger partial charge on any atom is -0.508 e. The molecule has 0 atom stereocenters. The zero-order valence-corrected chi connectivity index (χ0v) is 11.9. The summed E-state index contributed by atoms with van der Waals surface area (Å²) in [5, 5.41) is 15.2. The van der Waals surface area contributed by atoms with Crippen LogP contribution in [-0.2, 0) is 6.54 Å². The number of hydrogen-bond donors (Lipinski definition) is 3. The van der Waals surface area contributed by atoms with Crippen LogP contribution in [0, 0.1) is 6.92 Å². The van der Waals surface area contributed by atoms with E-state index in [1.54, 1.807) is 12.1 Å². The zero-order valence-electron chi connectivity index (χ0n) is 11.9. The second-order valence-electron chi connectivity index (χ2n) is 5.24. The summed E-state index contributed by atoms with van der Waals surface area (Å²) in [7, 11) is 0. The first kappa shape index (κ1) is 13.3. The Bertz CT molecular complexity index is 779. The maximum absolute atomic E-state index is 9.54. The molecule has 21 heavy (non-hydrogen) atoms. The second-order valence-corrected chi connectivity index (χ2v) is 5.24. The molecule has 3 aromatic rings. The lowest BCUT2D eigenvalue weighted by Gasteiger charge is -2.12. The van der Waals surface area contributed by atoms with Crippen LogP contribution < -0.4 is 11.1 Å². The molecule has 0 aliphatic carbocycles. The highest BCUT2D eigenvalue weighted by Crippen LogP contribution is 2.28. The van der Waals surface area contributed by atoms with Crippen molar-refractivity contribution in [1.29, 1.82) is 0 Å². The molecule has 0 spiro atoms. The van der Waals surface area contributed by atoms with Crippen molar-refractivity contribution < 1.29 is 5.11 Å². The van der Waals surface area contributed by atoms with Gasteiger partial charge < -0.3 is 16.2 Å². The molecule has 0 aliphatic rings. The van der Waals surface area contributed by atoms with E-state index in [9.17, 15) is 5.11 Å². The van der Waals surface area contributed by atoms with Gasteiger partial charge in [-0.25, -0.2) is 0 Å². The van der Waals surface area contributed by atoms with Crippen LogP contribution in [0.3, 0.4) is 0 Å². The summed E-state index contributed by atoms with van der Waals surface area (Å²) in [5.41, 5.74) is 9.94. The lowest BCUT2D eigenvalue weighted by Crippen LogP contribution is -2.01. The van der Waals surface area contributed by atoms with Gasteiger partial charge in [-0.05, 0) is 59.2 Å². The fraction of sp³-hybridized carbons (Fsp3) is 0.111. The van der Waals surface area contributed by atoms with Crippen molar-refractivity contribution in [3.8, 4) is 5.75 Å². The van der Waals surface area contributed by atoms with Gasteiger partial charge in [0.15, 0.2) is 0 Å². The number of hydrogen-bond acceptors (Lipinski definition) is 3. The van der Waals surface area contributed by atoms with Crippen molar-refractivity contribution in [2.45, 2.75) is 13.5 Å². The summed E-state index contributed by atoms with van der Waals surface area (Å²) in [5.74, 6) is 0.296. The molecular weight excluding hydrogens is 260 g/mol. The topological polar surface area (TPSA) is 58.3 Å². The van der Waals surface area contributed by atoms with Gasteiger partial charge in [0.2, 0.25) is 0 Å². The molecule has 0 heterocycles. The molecule has 106 valence electrons. The first-order valence-corrected chi connectivity index (χ1v) is 6.94. The average Bonchev–Trinajstić information content (AvgIpc) is 2.48. The number of rotatable bonds is 3. The van der Waals surface area contributed by atoms with Crippen molar-refractivity contribution in [2.24, 2.45) is 0 Å². The Morgan fingerprint density at radius 3 is 2.52 bits per heavy atom. The minimum absolute atomic E-state index is 0.296. The summed E-state index contributed by atoms with van der Waals surface area (Å²) >= 11 is 0. The van der Waals surface area contributed by atoms with Gasteiger partial charge in [-0.1, -0.05) is 24.3 Å². The number of aromatic hydroxyl groups is 1. The molecule has 0 saturated carbocycles. The highest BCUT2D eigenvalue weighted by Gasteiger charge is 2.04. The van der Waals surface area contributed by atoms with E-state index in [1.807, 2.05) is 36.4 Å². The summed E-state index contributed by atoms with van der Waals surface area (Å²) in [6.07, 6.45) is 0. The number of anilines is 2. The first-order valence-electron chi connectivity index (χ1n) is 6.94. The number of nitrogen functional groups attached to an aromatic ring is 1. The fourth-order valence-corrected chi connectivity index (χ4v) is 2.50. The maximum Gasteiger partial charge on any atom is 0.116 e. The molecule has 0 amide bonds. The Morgan fingerprint density at radius 2 is 1.76 bits per heavy atom. The van der Waals surface area contributed by atoms with E-state index in [0.29, 0.717) is 5.75 Å². The SMILES string of the molecule is Cc1c(NCc2ccc(N)cc2)ccc2cc(O)ccc12. The molecule has 3 rings (SSSR count). The van der Waals surface area contributed by atoms with E-state index in [-0.39, 0.29) is 0 Å². The molecule has 0 radical (unpaired) electrons. The average molecular weight is 278 g/mol. The molecule has 0 saturated heterocycles. The highest BCUT2D eigenvalue weighted by atomic mass is 16.3. The Balaban J connectivity index is 1.85. The normalized spacial score (nSPS) is 10.7. The van der Waals surface area contributed by atoms with Crippen molar-refractivity contribution in [3.05, 3.63) is 65.7 Å². The monoisotopic (exact) mass is 278 g/mol. The van der Waals surface area contributed by atoms with Gasteiger partial charge in [0.1, 0.15) is 5.75 Å². The molecule has 4 N–H and O–H groups in total. The van der Waals surface area contributed by atoms with E-state index in [0.717, 1.165) is 28.7 Å². The number of phenols is 1. The Kier molecular flexibility index (Phi) is 3.40. The summed E-state index contributed by atoms with van der Waals surface area (Å²) in [6.45, 7) is 2.84. The largest absolute Gasteiger partial charge is 0.508 e. The van der Waals surface area contributed by atoms with Crippen LogP contribution in [0.5, 0.6) is 5.75 Å². The second kappa shape index (κ2) is 5.37. The quantitative estimate of drug-likeness (QED) is 0.633. The van der Waals surface area contributed by atoms with Gasteiger partial charge in [0.05, 0.1) is 0 Å². The van der Waals surface area contributed by atoms with E-state index >= 15 is 0 Å². The predicted molar refractivity (Wildman–Crippen MR) is 88.5 cm³/mol. The van der Waals surface area contributed by atoms with Crippen LogP contribution in [-0.4, -0.2) is 5.11 Å². The molecule has 0 aliphatic heterocycles. The molecule has 3 nitrogen and oxygen atoms in total. The van der Waals surface area contributed by atoms with Crippen LogP contribution in [0.15, 0.2) is 54.6 Å². The van der Waals surface area contributed by atoms with Crippen LogP contribution >= 0.6 is 0 Å². The molecule has 0 unspecified atom stereocenters. The summed E-state index contributed by atoms with van der Waals surface area (Å²) in [6, 6.07) is 17.4. The van der Waals surface area contributed by atoms with Gasteiger partial charge in [-0.15, -0.1) is 0 Å². The number of benzene rings is 3. The maximum atomic E-state index is 9.54. The van der Waals surface area contributed by atoms with Crippen LogP contribution in [0.25, 0.3) is 10.8 Å². The first-order chi connectivity index (χ1) is 10.1. The van der Waals surface area contributed by atoms with Crippen molar-refractivity contribution in [1.82, 2.24) is 0 Å². The lowest BCUT2D eigenvalue weighted by atomic mass is 10.0. The number of fused-ring (bicyclic) bond motifs is 1. The van der Waals surface area contributed by atoms with Crippen molar-refractivity contribution in [3.63, 3.8) is 0 Å². The molecule has 0 aromatic heterocycles. The Hall–Kier alpha value is -2.68. The summed E-state index contributed by atoms with van der Waals surface area (Å²) < 4.78 is 0. The molecular formula is C18H18N2O. The third kappa shape index (κ3) is 2.77. The van der Waals surface area contributed by atoms with Gasteiger partial charge in [-0.2, -0.15) is 0 Å². The van der Waals surface area contributed by atoms with E-state index in [1.165, 1.54) is 11.1 Å². The summed E-state index contributed by atoms with van der Waals surface area (Å²) in [4.78, 5) is 0. The Labute approximate surface area is 124 Å². The standard InChI is InChI=1S/C18H18N2O/c1-12-17-8-7-16(21)10-14(17)4-9-18(12)20-11-13-2-5-15(19)6-3-13/h2-10,20-21H,11,19H2,1H3. The number of aryl methyl sites for hydroxylation is 1. The van der Waals surface area contributed by atoms with Crippen LogP contribution in [0.4, 0.5) is 11.4 Å². The van der Waals surface area contributed by atoms with Crippen molar-refractivity contribution in [2.75, 3.05) is 11.1 Å². The van der Waals surface area contributed by atoms with E-state index in [2.05, 4.69) is 18.3 Å². The number of nitrogens with two attached hydrogens (primary N) is 1. The number of nitrogens with one attached hydrogen (secondary N) is 1. The minimum atomic E-state index is 0.296. The lowest BCUT2D eigenvalue weighted by molar-refractivity contribution is 0.476. The Morgan fingerprint density at radius 1 is 1.00 bits per heavy atom. The van der Waals surface area contributed by atoms with Crippen LogP contribution in [0.1, 0.15) is 11.1 Å². The molecule has 3 heteroatoms. The van der Waals surface area contributed by atoms with Crippen LogP contribution in [0.2, 0.25) is 0 Å². The van der Waals surface area contributed by atoms with E-state index < -0.39 is 0 Å². The smallest absolute Gasteiger partial charge is 0.116 e. The molecule has 3 aromatic carbocycles. The van der Waals surface area contributed by atoms with Gasteiger partial charge in [0.25, 0.3) is 0 Å². The number of phenolic OH excluding ortho intramolecular Hbond substituents is 1. The third-order valence-corrected chi connectivity index (χ3v) is 3.74. The predicted octanol–water partition coefficient (Wildman–Crippen LogP) is 4.05. The van der Waals surface area contributed by atoms with Gasteiger partial charge in [-0.3, -0.25) is 0 Å². The molecule has 0 bridgehead atoms. The third-order valence-electron chi connectivity index (χ3n) is 3.74. The van der Waals surface area contributed by atoms with Crippen molar-refractivity contribution >= 4 is 22.1 Å². The highest BCUT2D eigenvalue weighted by molar-refractivity contribution is 5.90. The van der Waals surface area contributed by atoms with Gasteiger partial charge >= 0.3 is 0 Å². The molecule has 0 fully saturated rings. The zero-order chi connectivity index (χ0) is 14.8.